The molecule has 2 aromatic carbocycles. The number of H-pyrrole nitrogens is 1. The van der Waals surface area contributed by atoms with E-state index in [1.807, 2.05) is 42.6 Å². The SMILES string of the molecule is O=C(O)C(F)(F)F.O=C([C@H](O)CSc1ccc(Br)cc1)N1CCC(Nc2ccc3[nH]ncc3c2)CC1. The maximum absolute atomic E-state index is 12.6. The molecule has 0 saturated carbocycles. The first-order valence-electron chi connectivity index (χ1n) is 10.9. The number of thioether (sulfide) groups is 1. The molecule has 36 heavy (non-hydrogen) atoms. The average Bonchev–Trinajstić information content (AvgIpc) is 3.31. The van der Waals surface area contributed by atoms with Crippen molar-refractivity contribution in [3.8, 4) is 0 Å². The van der Waals surface area contributed by atoms with Crippen LogP contribution in [0.1, 0.15) is 12.8 Å². The first-order valence-corrected chi connectivity index (χ1v) is 12.7. The van der Waals surface area contributed by atoms with Crippen LogP contribution < -0.4 is 5.32 Å². The Morgan fingerprint density at radius 2 is 1.83 bits per heavy atom. The summed E-state index contributed by atoms with van der Waals surface area (Å²) in [5, 5.41) is 29.1. The number of anilines is 1. The molecule has 2 heterocycles. The Morgan fingerprint density at radius 3 is 2.44 bits per heavy atom. The van der Waals surface area contributed by atoms with Crippen LogP contribution in [-0.2, 0) is 9.59 Å². The number of fused-ring (bicyclic) bond motifs is 1. The molecule has 1 aromatic heterocycles. The van der Waals surface area contributed by atoms with E-state index in [4.69, 9.17) is 9.90 Å². The van der Waals surface area contributed by atoms with E-state index in [-0.39, 0.29) is 5.91 Å². The van der Waals surface area contributed by atoms with Gasteiger partial charge in [-0.25, -0.2) is 4.79 Å². The third-order valence-electron chi connectivity index (χ3n) is 5.37. The predicted molar refractivity (Wildman–Crippen MR) is 134 cm³/mol. The number of rotatable bonds is 6. The van der Waals surface area contributed by atoms with Crippen LogP contribution in [0, 0.1) is 0 Å². The molecule has 3 aromatic rings. The molecule has 0 radical (unpaired) electrons. The van der Waals surface area contributed by atoms with Gasteiger partial charge in [0.2, 0.25) is 0 Å². The number of hydrogen-bond acceptors (Lipinski definition) is 6. The van der Waals surface area contributed by atoms with Crippen molar-refractivity contribution >= 4 is 56.2 Å². The number of likely N-dealkylation sites (tertiary alicyclic amines) is 1. The lowest BCUT2D eigenvalue weighted by atomic mass is 10.0. The number of benzene rings is 2. The van der Waals surface area contributed by atoms with Crippen LogP contribution in [0.2, 0.25) is 0 Å². The van der Waals surface area contributed by atoms with Crippen LogP contribution in [-0.4, -0.2) is 74.4 Å². The number of aliphatic hydroxyl groups excluding tert-OH is 1. The van der Waals surface area contributed by atoms with Crippen LogP contribution in [0.5, 0.6) is 0 Å². The number of aliphatic carboxylic acids is 1. The summed E-state index contributed by atoms with van der Waals surface area (Å²) in [5.41, 5.74) is 2.08. The minimum Gasteiger partial charge on any atom is -0.475 e. The van der Waals surface area contributed by atoms with Gasteiger partial charge in [-0.3, -0.25) is 9.89 Å². The van der Waals surface area contributed by atoms with Crippen molar-refractivity contribution in [3.63, 3.8) is 0 Å². The van der Waals surface area contributed by atoms with E-state index in [0.29, 0.717) is 24.9 Å². The second-order valence-electron chi connectivity index (χ2n) is 8.00. The molecule has 0 unspecified atom stereocenters. The zero-order chi connectivity index (χ0) is 26.3. The summed E-state index contributed by atoms with van der Waals surface area (Å²) in [4.78, 5) is 24.3. The minimum atomic E-state index is -5.08. The molecule has 1 aliphatic rings. The number of aliphatic hydroxyl groups is 1. The fraction of sp³-hybridized carbons (Fsp3) is 0.348. The molecule has 8 nitrogen and oxygen atoms in total. The molecule has 4 N–H and O–H groups in total. The number of aromatic amines is 1. The molecule has 1 atom stereocenters. The number of nitrogens with one attached hydrogen (secondary N) is 2. The topological polar surface area (TPSA) is 119 Å². The maximum atomic E-state index is 12.6. The summed E-state index contributed by atoms with van der Waals surface area (Å²) in [6.07, 6.45) is -2.52. The van der Waals surface area contributed by atoms with Crippen LogP contribution >= 0.6 is 27.7 Å². The summed E-state index contributed by atoms with van der Waals surface area (Å²) < 4.78 is 32.7. The quantitative estimate of drug-likeness (QED) is 0.313. The highest BCUT2D eigenvalue weighted by atomic mass is 79.9. The van der Waals surface area contributed by atoms with E-state index in [2.05, 4.69) is 37.5 Å². The Kier molecular flexibility index (Phi) is 9.63. The first-order chi connectivity index (χ1) is 17.0. The number of carboxylic acid groups (broad SMARTS) is 1. The predicted octanol–water partition coefficient (Wildman–Crippen LogP) is 4.51. The lowest BCUT2D eigenvalue weighted by Gasteiger charge is -2.34. The number of piperidine rings is 1. The number of halogens is 4. The Bertz CT molecular complexity index is 1170. The molecule has 0 bridgehead atoms. The summed E-state index contributed by atoms with van der Waals surface area (Å²) in [5.74, 6) is -2.57. The van der Waals surface area contributed by atoms with Crippen molar-refractivity contribution in [3.05, 3.63) is 53.1 Å². The fourth-order valence-electron chi connectivity index (χ4n) is 3.50. The number of carbonyl (C=O) groups excluding carboxylic acids is 1. The number of aromatic nitrogens is 2. The molecule has 1 amide bonds. The van der Waals surface area contributed by atoms with Gasteiger partial charge in [0.05, 0.1) is 11.7 Å². The number of nitrogens with zero attached hydrogens (tertiary/aromatic N) is 2. The van der Waals surface area contributed by atoms with Crippen molar-refractivity contribution < 1.29 is 33.0 Å². The third-order valence-corrected chi connectivity index (χ3v) is 6.98. The summed E-state index contributed by atoms with van der Waals surface area (Å²) in [7, 11) is 0. The largest absolute Gasteiger partial charge is 0.490 e. The van der Waals surface area contributed by atoms with E-state index in [1.165, 1.54) is 11.8 Å². The number of hydrogen-bond donors (Lipinski definition) is 4. The molecule has 0 spiro atoms. The van der Waals surface area contributed by atoms with Gasteiger partial charge in [-0.1, -0.05) is 15.9 Å². The van der Waals surface area contributed by atoms with E-state index >= 15 is 0 Å². The van der Waals surface area contributed by atoms with Gasteiger partial charge in [0.25, 0.3) is 5.91 Å². The molecule has 1 aliphatic heterocycles. The van der Waals surface area contributed by atoms with Crippen molar-refractivity contribution in [2.24, 2.45) is 0 Å². The normalized spacial score (nSPS) is 15.2. The van der Waals surface area contributed by atoms with Gasteiger partial charge in [0.1, 0.15) is 6.10 Å². The van der Waals surface area contributed by atoms with E-state index in [9.17, 15) is 23.1 Å². The summed E-state index contributed by atoms with van der Waals surface area (Å²) in [6.45, 7) is 1.31. The van der Waals surface area contributed by atoms with E-state index < -0.39 is 18.2 Å². The molecule has 13 heteroatoms. The molecule has 0 aliphatic carbocycles. The van der Waals surface area contributed by atoms with Crippen LogP contribution in [0.15, 0.2) is 58.0 Å². The summed E-state index contributed by atoms with van der Waals surface area (Å²) >= 11 is 4.90. The van der Waals surface area contributed by atoms with Gasteiger partial charge >= 0.3 is 12.1 Å². The standard InChI is InChI=1S/C21H23BrN4O2S.C2HF3O2/c22-15-1-4-18(5-2-15)29-13-20(27)21(28)26-9-7-16(8-10-26)24-17-3-6-19-14(11-17)12-23-25-19;3-2(4,5)1(6)7/h1-6,11-12,16,20,24,27H,7-10,13H2,(H,23,25);(H,6,7)/t20-;/m1./s1. The smallest absolute Gasteiger partial charge is 0.475 e. The van der Waals surface area contributed by atoms with E-state index in [0.717, 1.165) is 38.8 Å². The van der Waals surface area contributed by atoms with Crippen LogP contribution in [0.4, 0.5) is 18.9 Å². The summed E-state index contributed by atoms with van der Waals surface area (Å²) in [6, 6.07) is 14.3. The molecular formula is C23H24BrF3N4O4S. The van der Waals surface area contributed by atoms with Gasteiger partial charge < -0.3 is 20.4 Å². The molecular weight excluding hydrogens is 565 g/mol. The van der Waals surface area contributed by atoms with Gasteiger partial charge in [0, 0.05) is 45.3 Å². The lowest BCUT2D eigenvalue weighted by Crippen LogP contribution is -2.47. The van der Waals surface area contributed by atoms with Crippen LogP contribution in [0.25, 0.3) is 10.9 Å². The number of alkyl halides is 3. The number of carbonyl (C=O) groups is 2. The maximum Gasteiger partial charge on any atom is 0.490 e. The van der Waals surface area contributed by atoms with Crippen molar-refractivity contribution in [1.29, 1.82) is 0 Å². The highest BCUT2D eigenvalue weighted by Gasteiger charge is 2.38. The zero-order valence-corrected chi connectivity index (χ0v) is 21.2. The Morgan fingerprint density at radius 1 is 1.19 bits per heavy atom. The van der Waals surface area contributed by atoms with Gasteiger partial charge in [-0.2, -0.15) is 18.3 Å². The lowest BCUT2D eigenvalue weighted by molar-refractivity contribution is -0.192. The van der Waals surface area contributed by atoms with Gasteiger partial charge in [-0.05, 0) is 55.3 Å². The molecule has 4 rings (SSSR count). The van der Waals surface area contributed by atoms with Gasteiger partial charge in [0.15, 0.2) is 0 Å². The average molecular weight is 589 g/mol. The highest BCUT2D eigenvalue weighted by molar-refractivity contribution is 9.10. The monoisotopic (exact) mass is 588 g/mol. The fourth-order valence-corrected chi connectivity index (χ4v) is 4.59. The molecule has 1 saturated heterocycles. The Hall–Kier alpha value is -2.77. The molecule has 1 fully saturated rings. The van der Waals surface area contributed by atoms with Crippen LogP contribution in [0.3, 0.4) is 0 Å². The third kappa shape index (κ3) is 8.14. The number of amides is 1. The minimum absolute atomic E-state index is 0.173. The van der Waals surface area contributed by atoms with Crippen molar-refractivity contribution in [2.75, 3.05) is 24.2 Å². The molecule has 194 valence electrons. The second-order valence-corrected chi connectivity index (χ2v) is 10.0. The second kappa shape index (κ2) is 12.5. The number of carboxylic acids is 1. The zero-order valence-electron chi connectivity index (χ0n) is 18.8. The van der Waals surface area contributed by atoms with E-state index in [1.54, 1.807) is 4.90 Å². The van der Waals surface area contributed by atoms with Gasteiger partial charge in [-0.15, -0.1) is 11.8 Å². The van der Waals surface area contributed by atoms with Crippen molar-refractivity contribution in [2.45, 2.75) is 36.1 Å². The Balaban J connectivity index is 0.000000454. The first kappa shape index (κ1) is 27.8. The highest BCUT2D eigenvalue weighted by Crippen LogP contribution is 2.24. The van der Waals surface area contributed by atoms with Crippen molar-refractivity contribution in [1.82, 2.24) is 15.1 Å². The Labute approximate surface area is 217 Å².